The van der Waals surface area contributed by atoms with Crippen LogP contribution in [-0.2, 0) is 0 Å². The third kappa shape index (κ3) is 2.38. The van der Waals surface area contributed by atoms with Crippen LogP contribution in [0.25, 0.3) is 21.7 Å². The van der Waals surface area contributed by atoms with Crippen LogP contribution in [0.15, 0.2) is 35.4 Å². The van der Waals surface area contributed by atoms with Gasteiger partial charge in [-0.1, -0.05) is 12.1 Å². The minimum Gasteiger partial charge on any atom is -0.378 e. The monoisotopic (exact) mass is 228 g/mol. The first-order valence-electron chi connectivity index (χ1n) is 5.09. The Hall–Kier alpha value is -2.46. The van der Waals surface area contributed by atoms with E-state index in [0.717, 1.165) is 16.9 Å². The Morgan fingerprint density at radius 1 is 1.29 bits per heavy atom. The minimum atomic E-state index is 0.416. The van der Waals surface area contributed by atoms with Gasteiger partial charge in [0.25, 0.3) is 0 Å². The van der Waals surface area contributed by atoms with Gasteiger partial charge in [0, 0.05) is 30.3 Å². The quantitative estimate of drug-likeness (QED) is 0.497. The van der Waals surface area contributed by atoms with Gasteiger partial charge in [-0.05, 0) is 28.8 Å². The number of nitrogens with one attached hydrogen (secondary N) is 1. The average Bonchev–Trinajstić information content (AvgIpc) is 2.78. The minimum absolute atomic E-state index is 0.416. The van der Waals surface area contributed by atoms with E-state index in [2.05, 4.69) is 20.2 Å². The number of hydrogen-bond acceptors (Lipinski definition) is 3. The number of aromatic nitrogens is 2. The number of hydrogen-bond donors (Lipinski definition) is 1. The summed E-state index contributed by atoms with van der Waals surface area (Å²) >= 11 is 0. The molecule has 86 valence electrons. The molecule has 2 aromatic rings. The van der Waals surface area contributed by atoms with E-state index in [0.29, 0.717) is 5.82 Å². The van der Waals surface area contributed by atoms with Crippen LogP contribution in [0, 0.1) is 0 Å². The highest BCUT2D eigenvalue weighted by molar-refractivity contribution is 5.64. The number of aromatic amines is 1. The maximum Gasteiger partial charge on any atom is 0.122 e. The van der Waals surface area contributed by atoms with Gasteiger partial charge >= 0.3 is 0 Å². The van der Waals surface area contributed by atoms with Crippen molar-refractivity contribution in [3.8, 4) is 11.3 Å². The third-order valence-corrected chi connectivity index (χ3v) is 2.40. The summed E-state index contributed by atoms with van der Waals surface area (Å²) < 4.78 is 0. The van der Waals surface area contributed by atoms with Crippen LogP contribution in [0.3, 0.4) is 0 Å². The second-order valence-electron chi connectivity index (χ2n) is 3.77. The maximum absolute atomic E-state index is 8.30. The van der Waals surface area contributed by atoms with Gasteiger partial charge in [-0.25, -0.2) is 0 Å². The van der Waals surface area contributed by atoms with E-state index < -0.39 is 0 Å². The molecular formula is C11H12N6. The third-order valence-electron chi connectivity index (χ3n) is 2.40. The normalized spacial score (nSPS) is 9.76. The Labute approximate surface area is 98.5 Å². The first-order valence-corrected chi connectivity index (χ1v) is 5.09. The van der Waals surface area contributed by atoms with Crippen molar-refractivity contribution in [1.82, 2.24) is 10.2 Å². The predicted octanol–water partition coefficient (Wildman–Crippen LogP) is 3.08. The van der Waals surface area contributed by atoms with Crippen LogP contribution < -0.4 is 4.90 Å². The summed E-state index contributed by atoms with van der Waals surface area (Å²) in [5.41, 5.74) is 11.2. The van der Waals surface area contributed by atoms with E-state index in [-0.39, 0.29) is 0 Å². The van der Waals surface area contributed by atoms with E-state index in [1.807, 2.05) is 43.3 Å². The zero-order valence-electron chi connectivity index (χ0n) is 9.62. The van der Waals surface area contributed by atoms with Crippen LogP contribution in [0.2, 0.25) is 0 Å². The second kappa shape index (κ2) is 4.59. The molecule has 0 aliphatic carbocycles. The maximum atomic E-state index is 8.30. The van der Waals surface area contributed by atoms with Crippen molar-refractivity contribution in [1.29, 1.82) is 0 Å². The molecule has 1 aromatic carbocycles. The molecule has 0 fully saturated rings. The van der Waals surface area contributed by atoms with Crippen molar-refractivity contribution >= 4 is 11.5 Å². The summed E-state index contributed by atoms with van der Waals surface area (Å²) in [5, 5.41) is 10.2. The van der Waals surface area contributed by atoms with E-state index >= 15 is 0 Å². The summed E-state index contributed by atoms with van der Waals surface area (Å²) in [7, 11) is 3.98. The molecule has 17 heavy (non-hydrogen) atoms. The lowest BCUT2D eigenvalue weighted by Crippen LogP contribution is -2.07. The molecule has 0 amide bonds. The molecule has 0 saturated carbocycles. The number of nitrogens with zero attached hydrogens (tertiary/aromatic N) is 5. The van der Waals surface area contributed by atoms with E-state index in [9.17, 15) is 0 Å². The highest BCUT2D eigenvalue weighted by Crippen LogP contribution is 2.23. The smallest absolute Gasteiger partial charge is 0.122 e. The SMILES string of the molecule is CN(C)c1ccc(-c2cc(N=[N+]=[N-])[nH]n2)cc1. The summed E-state index contributed by atoms with van der Waals surface area (Å²) in [6, 6.07) is 9.69. The Bertz CT molecular complexity index is 548. The van der Waals surface area contributed by atoms with Crippen LogP contribution in [0.5, 0.6) is 0 Å². The molecule has 1 aromatic heterocycles. The van der Waals surface area contributed by atoms with Gasteiger partial charge < -0.3 is 4.90 Å². The Morgan fingerprint density at radius 3 is 2.59 bits per heavy atom. The fraction of sp³-hybridized carbons (Fsp3) is 0.182. The van der Waals surface area contributed by atoms with Crippen LogP contribution in [0.1, 0.15) is 0 Å². The number of H-pyrrole nitrogens is 1. The molecular weight excluding hydrogens is 216 g/mol. The fourth-order valence-corrected chi connectivity index (χ4v) is 1.49. The molecule has 0 atom stereocenters. The Morgan fingerprint density at radius 2 is 2.00 bits per heavy atom. The Kier molecular flexibility index (Phi) is 2.98. The first-order chi connectivity index (χ1) is 8.20. The van der Waals surface area contributed by atoms with E-state index in [1.165, 1.54) is 0 Å². The number of azide groups is 1. The standard InChI is InChI=1S/C11H12N6/c1-17(2)9-5-3-8(4-6-9)10-7-11(14-13-10)15-16-12/h3-7H,1-2H3,(H,13,14). The number of benzene rings is 1. The van der Waals surface area contributed by atoms with Crippen LogP contribution in [0.4, 0.5) is 11.5 Å². The molecule has 0 saturated heterocycles. The van der Waals surface area contributed by atoms with Crippen molar-refractivity contribution in [2.75, 3.05) is 19.0 Å². The molecule has 6 heteroatoms. The zero-order valence-corrected chi connectivity index (χ0v) is 9.62. The fourth-order valence-electron chi connectivity index (χ4n) is 1.49. The molecule has 0 bridgehead atoms. The molecule has 1 N–H and O–H groups in total. The van der Waals surface area contributed by atoms with E-state index in [1.54, 1.807) is 6.07 Å². The predicted molar refractivity (Wildman–Crippen MR) is 67.2 cm³/mol. The summed E-state index contributed by atoms with van der Waals surface area (Å²) in [6.45, 7) is 0. The van der Waals surface area contributed by atoms with Crippen LogP contribution >= 0.6 is 0 Å². The lowest BCUT2D eigenvalue weighted by atomic mass is 10.1. The molecule has 2 rings (SSSR count). The molecule has 0 radical (unpaired) electrons. The van der Waals surface area contributed by atoms with Crippen molar-refractivity contribution < 1.29 is 0 Å². The second-order valence-corrected chi connectivity index (χ2v) is 3.77. The molecule has 0 aliphatic heterocycles. The summed E-state index contributed by atoms with van der Waals surface area (Å²) in [6.07, 6.45) is 0. The van der Waals surface area contributed by atoms with Gasteiger partial charge in [0.15, 0.2) is 0 Å². The first kappa shape index (κ1) is 11.0. The topological polar surface area (TPSA) is 80.7 Å². The Balaban J connectivity index is 2.29. The van der Waals surface area contributed by atoms with Crippen LogP contribution in [-0.4, -0.2) is 24.3 Å². The number of rotatable bonds is 3. The van der Waals surface area contributed by atoms with Crippen molar-refractivity contribution in [3.63, 3.8) is 0 Å². The van der Waals surface area contributed by atoms with Gasteiger partial charge in [-0.15, -0.1) is 0 Å². The highest BCUT2D eigenvalue weighted by atomic mass is 15.2. The molecule has 1 heterocycles. The zero-order chi connectivity index (χ0) is 12.3. The summed E-state index contributed by atoms with van der Waals surface area (Å²) in [5.74, 6) is 0.416. The van der Waals surface area contributed by atoms with Gasteiger partial charge in [0.1, 0.15) is 5.82 Å². The summed E-state index contributed by atoms with van der Waals surface area (Å²) in [4.78, 5) is 4.72. The lowest BCUT2D eigenvalue weighted by molar-refractivity contribution is 1.08. The van der Waals surface area contributed by atoms with E-state index in [4.69, 9.17) is 5.53 Å². The number of anilines is 1. The van der Waals surface area contributed by atoms with Crippen molar-refractivity contribution in [3.05, 3.63) is 40.8 Å². The van der Waals surface area contributed by atoms with Crippen molar-refractivity contribution in [2.24, 2.45) is 5.11 Å². The van der Waals surface area contributed by atoms with Gasteiger partial charge in [0.05, 0.1) is 5.69 Å². The molecule has 0 spiro atoms. The molecule has 0 aliphatic rings. The van der Waals surface area contributed by atoms with Gasteiger partial charge in [0.2, 0.25) is 0 Å². The molecule has 6 nitrogen and oxygen atoms in total. The highest BCUT2D eigenvalue weighted by Gasteiger charge is 2.03. The van der Waals surface area contributed by atoms with Gasteiger partial charge in [-0.2, -0.15) is 5.10 Å². The average molecular weight is 228 g/mol. The molecule has 0 unspecified atom stereocenters. The van der Waals surface area contributed by atoms with Crippen molar-refractivity contribution in [2.45, 2.75) is 0 Å². The van der Waals surface area contributed by atoms with Gasteiger partial charge in [-0.3, -0.25) is 5.10 Å². The largest absolute Gasteiger partial charge is 0.378 e. The lowest BCUT2D eigenvalue weighted by Gasteiger charge is -2.11.